The summed E-state index contributed by atoms with van der Waals surface area (Å²) in [6.07, 6.45) is 2.82. The molecule has 2 aliphatic rings. The maximum atomic E-state index is 12.5. The number of allylic oxidation sites excluding steroid dienone is 2. The highest BCUT2D eigenvalue weighted by molar-refractivity contribution is 6.30. The Kier molecular flexibility index (Phi) is 4.95. The van der Waals surface area contributed by atoms with E-state index in [4.69, 9.17) is 11.6 Å². The number of hydrogen-bond donors (Lipinski definition) is 1. The molecule has 1 saturated heterocycles. The predicted molar refractivity (Wildman–Crippen MR) is 96.0 cm³/mol. The number of fused-ring (bicyclic) bond motifs is 1. The second-order valence-electron chi connectivity index (χ2n) is 6.75. The van der Waals surface area contributed by atoms with E-state index in [0.29, 0.717) is 17.9 Å². The molecule has 132 valence electrons. The quantitative estimate of drug-likeness (QED) is 0.839. The van der Waals surface area contributed by atoms with Gasteiger partial charge in [0, 0.05) is 23.7 Å². The van der Waals surface area contributed by atoms with Crippen LogP contribution in [0.2, 0.25) is 0 Å². The number of halogens is 1. The Balaban J connectivity index is 1.60. The normalized spacial score (nSPS) is 22.7. The van der Waals surface area contributed by atoms with Crippen molar-refractivity contribution < 1.29 is 14.4 Å². The molecule has 0 radical (unpaired) electrons. The Hall–Kier alpha value is -2.14. The lowest BCUT2D eigenvalue weighted by atomic mass is 9.85. The van der Waals surface area contributed by atoms with Gasteiger partial charge in [-0.25, -0.2) is 0 Å². The first-order valence-electron chi connectivity index (χ1n) is 8.43. The number of imide groups is 1. The van der Waals surface area contributed by atoms with Crippen LogP contribution >= 0.6 is 11.6 Å². The molecule has 0 unspecified atom stereocenters. The molecule has 1 heterocycles. The number of anilines is 1. The van der Waals surface area contributed by atoms with Gasteiger partial charge >= 0.3 is 0 Å². The first-order valence-corrected chi connectivity index (χ1v) is 8.81. The summed E-state index contributed by atoms with van der Waals surface area (Å²) < 4.78 is 0. The van der Waals surface area contributed by atoms with Gasteiger partial charge in [0.1, 0.15) is 0 Å². The van der Waals surface area contributed by atoms with Crippen molar-refractivity contribution >= 4 is 35.0 Å². The van der Waals surface area contributed by atoms with Gasteiger partial charge in [-0.1, -0.05) is 29.8 Å². The Morgan fingerprint density at radius 2 is 1.96 bits per heavy atom. The molecule has 0 spiro atoms. The van der Waals surface area contributed by atoms with Crippen molar-refractivity contribution in [1.82, 2.24) is 4.90 Å². The second kappa shape index (κ2) is 7.00. The third-order valence-corrected chi connectivity index (χ3v) is 5.20. The monoisotopic (exact) mass is 360 g/mol. The Labute approximate surface area is 152 Å². The number of benzene rings is 1. The smallest absolute Gasteiger partial charge is 0.233 e. The molecule has 1 aliphatic carbocycles. The molecule has 5 nitrogen and oxygen atoms in total. The van der Waals surface area contributed by atoms with Crippen LogP contribution in [0.15, 0.2) is 29.3 Å². The fraction of sp³-hybridized carbons (Fsp3) is 0.421. The molecule has 1 N–H and O–H groups in total. The fourth-order valence-electron chi connectivity index (χ4n) is 3.41. The first-order chi connectivity index (χ1) is 11.9. The number of aryl methyl sites for hydroxylation is 2. The summed E-state index contributed by atoms with van der Waals surface area (Å²) in [7, 11) is 0. The lowest BCUT2D eigenvalue weighted by molar-refractivity contribution is -0.140. The van der Waals surface area contributed by atoms with E-state index in [1.807, 2.05) is 38.1 Å². The van der Waals surface area contributed by atoms with Gasteiger partial charge < -0.3 is 5.32 Å². The summed E-state index contributed by atoms with van der Waals surface area (Å²) in [6.45, 7) is 3.99. The van der Waals surface area contributed by atoms with E-state index in [-0.39, 0.29) is 42.5 Å². The van der Waals surface area contributed by atoms with E-state index in [1.165, 1.54) is 4.90 Å². The molecule has 1 aromatic rings. The Morgan fingerprint density at radius 1 is 1.24 bits per heavy atom. The topological polar surface area (TPSA) is 66.5 Å². The van der Waals surface area contributed by atoms with Gasteiger partial charge in [-0.3, -0.25) is 19.3 Å². The van der Waals surface area contributed by atoms with Crippen molar-refractivity contribution in [2.45, 2.75) is 33.1 Å². The molecular formula is C19H21ClN2O3. The van der Waals surface area contributed by atoms with Crippen LogP contribution in [0, 0.1) is 25.7 Å². The SMILES string of the molecule is Cc1ccc(C)c(NC(=O)CCN2C(=O)[C@H]3CC(Cl)=CC[C@H]3C2=O)c1. The van der Waals surface area contributed by atoms with Gasteiger partial charge in [-0.15, -0.1) is 0 Å². The second-order valence-corrected chi connectivity index (χ2v) is 7.23. The van der Waals surface area contributed by atoms with Crippen LogP contribution in [0.25, 0.3) is 0 Å². The molecule has 0 bridgehead atoms. The minimum Gasteiger partial charge on any atom is -0.326 e. The molecule has 1 fully saturated rings. The van der Waals surface area contributed by atoms with Crippen molar-refractivity contribution in [1.29, 1.82) is 0 Å². The largest absolute Gasteiger partial charge is 0.326 e. The van der Waals surface area contributed by atoms with Crippen LogP contribution < -0.4 is 5.32 Å². The minimum atomic E-state index is -0.368. The van der Waals surface area contributed by atoms with E-state index in [1.54, 1.807) is 0 Å². The van der Waals surface area contributed by atoms with Crippen LogP contribution in [-0.2, 0) is 14.4 Å². The molecule has 25 heavy (non-hydrogen) atoms. The molecule has 3 amide bonds. The van der Waals surface area contributed by atoms with Crippen LogP contribution in [0.3, 0.4) is 0 Å². The zero-order valence-electron chi connectivity index (χ0n) is 14.3. The average molecular weight is 361 g/mol. The van der Waals surface area contributed by atoms with E-state index in [0.717, 1.165) is 16.8 Å². The van der Waals surface area contributed by atoms with E-state index >= 15 is 0 Å². The fourth-order valence-corrected chi connectivity index (χ4v) is 3.67. The molecule has 6 heteroatoms. The number of likely N-dealkylation sites (tertiary alicyclic amines) is 1. The van der Waals surface area contributed by atoms with Crippen LogP contribution in [0.4, 0.5) is 5.69 Å². The maximum absolute atomic E-state index is 12.5. The van der Waals surface area contributed by atoms with E-state index in [2.05, 4.69) is 5.32 Å². The number of hydrogen-bond acceptors (Lipinski definition) is 3. The Morgan fingerprint density at radius 3 is 2.72 bits per heavy atom. The van der Waals surface area contributed by atoms with Gasteiger partial charge in [-0.2, -0.15) is 0 Å². The third-order valence-electron chi connectivity index (χ3n) is 4.89. The predicted octanol–water partition coefficient (Wildman–Crippen LogP) is 3.15. The summed E-state index contributed by atoms with van der Waals surface area (Å²) in [5, 5.41) is 3.49. The molecule has 1 aromatic carbocycles. The molecule has 1 aliphatic heterocycles. The first kappa shape index (κ1) is 17.7. The highest BCUT2D eigenvalue weighted by atomic mass is 35.5. The molecule has 0 aromatic heterocycles. The summed E-state index contributed by atoms with van der Waals surface area (Å²) in [4.78, 5) is 38.3. The molecular weight excluding hydrogens is 340 g/mol. The summed E-state index contributed by atoms with van der Waals surface area (Å²) in [5.74, 6) is -1.29. The van der Waals surface area contributed by atoms with Gasteiger partial charge in [0.15, 0.2) is 0 Å². The number of nitrogens with one attached hydrogen (secondary N) is 1. The average Bonchev–Trinajstić information content (AvgIpc) is 2.80. The van der Waals surface area contributed by atoms with Crippen molar-refractivity contribution in [3.05, 3.63) is 40.4 Å². The number of carbonyl (C=O) groups excluding carboxylic acids is 3. The number of rotatable bonds is 4. The van der Waals surface area contributed by atoms with Crippen LogP contribution in [0.5, 0.6) is 0 Å². The number of amides is 3. The zero-order chi connectivity index (χ0) is 18.1. The standard InChI is InChI=1S/C19H21ClN2O3/c1-11-3-4-12(2)16(9-11)21-17(23)7-8-22-18(24)14-6-5-13(20)10-15(14)19(22)25/h3-5,9,14-15H,6-8,10H2,1-2H3,(H,21,23)/t14-,15+/m1/s1. The lowest BCUT2D eigenvalue weighted by Gasteiger charge is -2.17. The maximum Gasteiger partial charge on any atom is 0.233 e. The molecule has 0 saturated carbocycles. The highest BCUT2D eigenvalue weighted by Gasteiger charge is 2.48. The van der Waals surface area contributed by atoms with E-state index in [9.17, 15) is 14.4 Å². The zero-order valence-corrected chi connectivity index (χ0v) is 15.1. The van der Waals surface area contributed by atoms with Crippen LogP contribution in [-0.4, -0.2) is 29.2 Å². The summed E-state index contributed by atoms with van der Waals surface area (Å²) in [6, 6.07) is 5.83. The van der Waals surface area contributed by atoms with Gasteiger partial charge in [0.05, 0.1) is 11.8 Å². The van der Waals surface area contributed by atoms with Gasteiger partial charge in [0.25, 0.3) is 0 Å². The highest BCUT2D eigenvalue weighted by Crippen LogP contribution is 2.38. The van der Waals surface area contributed by atoms with Crippen molar-refractivity contribution in [2.75, 3.05) is 11.9 Å². The van der Waals surface area contributed by atoms with Gasteiger partial charge in [0.2, 0.25) is 17.7 Å². The van der Waals surface area contributed by atoms with Gasteiger partial charge in [-0.05, 0) is 43.9 Å². The van der Waals surface area contributed by atoms with E-state index < -0.39 is 0 Å². The number of nitrogens with zero attached hydrogens (tertiary/aromatic N) is 1. The van der Waals surface area contributed by atoms with Crippen LogP contribution in [0.1, 0.15) is 30.4 Å². The number of carbonyl (C=O) groups is 3. The lowest BCUT2D eigenvalue weighted by Crippen LogP contribution is -2.34. The van der Waals surface area contributed by atoms with Crippen molar-refractivity contribution in [3.8, 4) is 0 Å². The summed E-state index contributed by atoms with van der Waals surface area (Å²) >= 11 is 6.00. The molecule has 2 atom stereocenters. The molecule has 3 rings (SSSR count). The summed E-state index contributed by atoms with van der Waals surface area (Å²) in [5.41, 5.74) is 2.78. The third kappa shape index (κ3) is 3.61. The Bertz CT molecular complexity index is 772. The van der Waals surface area contributed by atoms with Crippen molar-refractivity contribution in [2.24, 2.45) is 11.8 Å². The minimum absolute atomic E-state index is 0.0888. The van der Waals surface area contributed by atoms with Crippen molar-refractivity contribution in [3.63, 3.8) is 0 Å².